The summed E-state index contributed by atoms with van der Waals surface area (Å²) in [5.74, 6) is 0.547. The van der Waals surface area contributed by atoms with Gasteiger partial charge in [0, 0.05) is 30.5 Å². The highest BCUT2D eigenvalue weighted by Gasteiger charge is 2.38. The van der Waals surface area contributed by atoms with Crippen molar-refractivity contribution < 1.29 is 9.63 Å². The van der Waals surface area contributed by atoms with Gasteiger partial charge in [-0.3, -0.25) is 19.3 Å². The summed E-state index contributed by atoms with van der Waals surface area (Å²) in [5, 5.41) is 18.3. The lowest BCUT2D eigenvalue weighted by Gasteiger charge is -2.31. The molecule has 1 aliphatic carbocycles. The van der Waals surface area contributed by atoms with E-state index < -0.39 is 0 Å². The van der Waals surface area contributed by atoms with Gasteiger partial charge in [0.2, 0.25) is 5.91 Å². The molecule has 0 aromatic carbocycles. The maximum atomic E-state index is 13.2. The molecule has 31 heavy (non-hydrogen) atoms. The fourth-order valence-corrected chi connectivity index (χ4v) is 5.33. The number of hydroxylamine groups is 2. The maximum absolute atomic E-state index is 13.2. The molecule has 9 heteroatoms. The number of pyridine rings is 1. The number of thiazole rings is 1. The first-order valence-corrected chi connectivity index (χ1v) is 11.6. The fraction of sp³-hybridized carbons (Fsp3) is 0.500. The number of aryl methyl sites for hydroxylation is 1. The van der Waals surface area contributed by atoms with Crippen LogP contribution < -0.4 is 0 Å². The molecule has 1 saturated heterocycles. The van der Waals surface area contributed by atoms with Gasteiger partial charge in [0.25, 0.3) is 0 Å². The molecule has 8 nitrogen and oxygen atoms in total. The van der Waals surface area contributed by atoms with Crippen molar-refractivity contribution >= 4 is 28.3 Å². The second-order valence-electron chi connectivity index (χ2n) is 8.38. The second-order valence-corrected chi connectivity index (χ2v) is 9.44. The van der Waals surface area contributed by atoms with E-state index in [-0.39, 0.29) is 17.9 Å². The molecule has 0 unspecified atom stereocenters. The molecule has 1 amide bonds. The Morgan fingerprint density at radius 1 is 1.29 bits per heavy atom. The number of fused-ring (bicyclic) bond motifs is 1. The highest BCUT2D eigenvalue weighted by Crippen LogP contribution is 2.37. The molecule has 1 saturated carbocycles. The van der Waals surface area contributed by atoms with Gasteiger partial charge in [-0.25, -0.2) is 10.0 Å². The molecule has 2 fully saturated rings. The van der Waals surface area contributed by atoms with Crippen LogP contribution >= 0.6 is 11.3 Å². The Kier molecular flexibility index (Phi) is 5.42. The van der Waals surface area contributed by atoms with Crippen LogP contribution in [0.4, 0.5) is 0 Å². The first-order chi connectivity index (χ1) is 15.1. The predicted molar refractivity (Wildman–Crippen MR) is 115 cm³/mol. The van der Waals surface area contributed by atoms with Crippen LogP contribution in [0.3, 0.4) is 0 Å². The van der Waals surface area contributed by atoms with Crippen molar-refractivity contribution in [3.05, 3.63) is 40.1 Å². The topological polar surface area (TPSA) is 96.9 Å². The fourth-order valence-electron chi connectivity index (χ4n) is 4.67. The molecule has 0 radical (unpaired) electrons. The van der Waals surface area contributed by atoms with Crippen molar-refractivity contribution in [3.8, 4) is 6.07 Å². The van der Waals surface area contributed by atoms with Gasteiger partial charge in [0.05, 0.1) is 34.6 Å². The summed E-state index contributed by atoms with van der Waals surface area (Å²) in [6.45, 7) is 3.33. The summed E-state index contributed by atoms with van der Waals surface area (Å²) in [7, 11) is 0. The summed E-state index contributed by atoms with van der Waals surface area (Å²) >= 11 is 1.61. The van der Waals surface area contributed by atoms with Crippen LogP contribution in [-0.2, 0) is 16.2 Å². The smallest absolute Gasteiger partial charge is 0.249 e. The monoisotopic (exact) mass is 436 g/mol. The van der Waals surface area contributed by atoms with E-state index in [9.17, 15) is 4.79 Å². The molecule has 1 aliphatic heterocycles. The average molecular weight is 437 g/mol. The van der Waals surface area contributed by atoms with Crippen LogP contribution in [0.5, 0.6) is 0 Å². The number of nitriles is 1. The van der Waals surface area contributed by atoms with Crippen LogP contribution in [0.1, 0.15) is 54.4 Å². The number of rotatable bonds is 4. The van der Waals surface area contributed by atoms with Crippen LogP contribution in [0, 0.1) is 30.1 Å². The van der Waals surface area contributed by atoms with E-state index in [0.717, 1.165) is 60.4 Å². The zero-order valence-electron chi connectivity index (χ0n) is 17.4. The van der Waals surface area contributed by atoms with Crippen LogP contribution in [-0.4, -0.2) is 37.3 Å². The lowest BCUT2D eigenvalue weighted by Crippen LogP contribution is -2.37. The molecule has 5 rings (SSSR count). The zero-order valence-corrected chi connectivity index (χ0v) is 18.2. The predicted octanol–water partition coefficient (Wildman–Crippen LogP) is 3.78. The third kappa shape index (κ3) is 3.93. The van der Waals surface area contributed by atoms with Crippen molar-refractivity contribution in [2.24, 2.45) is 11.8 Å². The van der Waals surface area contributed by atoms with Crippen LogP contribution in [0.2, 0.25) is 0 Å². The largest absolute Gasteiger partial charge is 0.272 e. The molecule has 160 valence electrons. The summed E-state index contributed by atoms with van der Waals surface area (Å²) < 4.78 is 1.94. The zero-order chi connectivity index (χ0) is 21.4. The summed E-state index contributed by atoms with van der Waals surface area (Å²) in [5.41, 5.74) is 3.18. The lowest BCUT2D eigenvalue weighted by atomic mass is 9.81. The van der Waals surface area contributed by atoms with Gasteiger partial charge in [-0.1, -0.05) is 0 Å². The van der Waals surface area contributed by atoms with Gasteiger partial charge in [0.15, 0.2) is 0 Å². The number of hydrogen-bond acceptors (Lipinski definition) is 7. The second kappa shape index (κ2) is 8.36. The van der Waals surface area contributed by atoms with E-state index in [1.165, 1.54) is 0 Å². The SMILES string of the molecule is Cc1nc([C@@H]2CCON2C(=O)C2CCC(Cn3ncc4ncc(C#N)cc43)CC2)cs1. The van der Waals surface area contributed by atoms with E-state index >= 15 is 0 Å². The standard InChI is InChI=1S/C22H24N6O2S/c1-14-26-19(13-31-14)20-6-7-30-28(20)22(29)17-4-2-15(3-5-17)12-27-21-8-16(9-23)10-24-18(21)11-25-27/h8,10-11,13,15,17,20H,2-7,12H2,1H3/t15?,17?,20-/m0/s1. The van der Waals surface area contributed by atoms with Gasteiger partial charge in [-0.15, -0.1) is 11.3 Å². The molecule has 2 aliphatic rings. The number of aromatic nitrogens is 4. The third-order valence-electron chi connectivity index (χ3n) is 6.35. The van der Waals surface area contributed by atoms with Crippen molar-refractivity contribution in [3.63, 3.8) is 0 Å². The number of amides is 1. The van der Waals surface area contributed by atoms with E-state index in [2.05, 4.69) is 21.1 Å². The minimum Gasteiger partial charge on any atom is -0.272 e. The van der Waals surface area contributed by atoms with Gasteiger partial charge in [0.1, 0.15) is 17.6 Å². The Labute approximate surface area is 184 Å². The number of carbonyl (C=O) groups is 1. The summed E-state index contributed by atoms with van der Waals surface area (Å²) in [6.07, 6.45) is 7.77. The van der Waals surface area contributed by atoms with Gasteiger partial charge in [-0.05, 0) is 44.6 Å². The Morgan fingerprint density at radius 2 is 2.13 bits per heavy atom. The minimum absolute atomic E-state index is 0.00203. The average Bonchev–Trinajstić information content (AvgIpc) is 3.53. The first kappa shape index (κ1) is 20.1. The Morgan fingerprint density at radius 3 is 2.87 bits per heavy atom. The molecule has 1 atom stereocenters. The number of nitrogens with zero attached hydrogens (tertiary/aromatic N) is 6. The van der Waals surface area contributed by atoms with E-state index in [1.807, 2.05) is 23.1 Å². The molecule has 0 N–H and O–H groups in total. The van der Waals surface area contributed by atoms with Crippen LogP contribution in [0.25, 0.3) is 11.0 Å². The van der Waals surface area contributed by atoms with E-state index in [1.54, 1.807) is 28.8 Å². The molecule has 3 aromatic rings. The minimum atomic E-state index is -0.0626. The first-order valence-electron chi connectivity index (χ1n) is 10.7. The van der Waals surface area contributed by atoms with E-state index in [4.69, 9.17) is 10.1 Å². The normalized spacial score (nSPS) is 23.9. The molecule has 3 aromatic heterocycles. The quantitative estimate of drug-likeness (QED) is 0.617. The molecule has 4 heterocycles. The molecular weight excluding hydrogens is 412 g/mol. The number of hydrogen-bond donors (Lipinski definition) is 0. The van der Waals surface area contributed by atoms with Crippen molar-refractivity contribution in [2.45, 2.75) is 51.6 Å². The van der Waals surface area contributed by atoms with Crippen LogP contribution in [0.15, 0.2) is 23.8 Å². The van der Waals surface area contributed by atoms with Crippen molar-refractivity contribution in [1.82, 2.24) is 24.8 Å². The van der Waals surface area contributed by atoms with Gasteiger partial charge < -0.3 is 0 Å². The summed E-state index contributed by atoms with van der Waals surface area (Å²) in [6, 6.07) is 3.92. The Bertz CT molecular complexity index is 1140. The highest BCUT2D eigenvalue weighted by molar-refractivity contribution is 7.09. The Balaban J connectivity index is 1.21. The van der Waals surface area contributed by atoms with Gasteiger partial charge >= 0.3 is 0 Å². The third-order valence-corrected chi connectivity index (χ3v) is 7.14. The lowest BCUT2D eigenvalue weighted by molar-refractivity contribution is -0.183. The van der Waals surface area contributed by atoms with Crippen molar-refractivity contribution in [1.29, 1.82) is 5.26 Å². The summed E-state index contributed by atoms with van der Waals surface area (Å²) in [4.78, 5) is 27.8. The molecule has 0 spiro atoms. The van der Waals surface area contributed by atoms with Crippen molar-refractivity contribution in [2.75, 3.05) is 6.61 Å². The maximum Gasteiger partial charge on any atom is 0.249 e. The molecule has 0 bridgehead atoms. The van der Waals surface area contributed by atoms with Gasteiger partial charge in [-0.2, -0.15) is 10.4 Å². The highest BCUT2D eigenvalue weighted by atomic mass is 32.1. The Hall–Kier alpha value is -2.83. The number of carbonyl (C=O) groups excluding carboxylic acids is 1. The molecular formula is C22H24N6O2S. The van der Waals surface area contributed by atoms with E-state index in [0.29, 0.717) is 18.1 Å².